The predicted octanol–water partition coefficient (Wildman–Crippen LogP) is 3.59. The van der Waals surface area contributed by atoms with E-state index in [0.29, 0.717) is 18.4 Å². The number of carboxylic acid groups (broad SMARTS) is 1. The van der Waals surface area contributed by atoms with Crippen LogP contribution in [0.1, 0.15) is 49.5 Å². The van der Waals surface area contributed by atoms with Crippen LogP contribution in [-0.2, 0) is 11.2 Å². The van der Waals surface area contributed by atoms with E-state index in [-0.39, 0.29) is 16.9 Å². The Labute approximate surface area is 133 Å². The average molecular weight is 324 g/mol. The lowest BCUT2D eigenvalue weighted by atomic mass is 9.99. The smallest absolute Gasteiger partial charge is 0.411 e. The fraction of sp³-hybridized carbons (Fsp3) is 0.467. The number of nitrogens with zero attached hydrogens (tertiary/aromatic N) is 1. The molecule has 0 aliphatic carbocycles. The van der Waals surface area contributed by atoms with Gasteiger partial charge in [-0.3, -0.25) is 15.4 Å². The van der Waals surface area contributed by atoms with E-state index >= 15 is 0 Å². The van der Waals surface area contributed by atoms with Gasteiger partial charge in [0, 0.05) is 12.1 Å². The van der Waals surface area contributed by atoms with E-state index in [2.05, 4.69) is 5.32 Å². The number of hydrogen-bond donors (Lipinski definition) is 2. The molecule has 8 heteroatoms. The van der Waals surface area contributed by atoms with Crippen molar-refractivity contribution < 1.29 is 24.4 Å². The molecule has 0 aliphatic rings. The number of unbranched alkanes of at least 4 members (excludes halogenated alkanes) is 1. The number of carbonyl (C=O) groups excluding carboxylic acids is 1. The van der Waals surface area contributed by atoms with Gasteiger partial charge in [-0.2, -0.15) is 0 Å². The first kappa shape index (κ1) is 18.4. The molecule has 1 amide bonds. The largest absolute Gasteiger partial charge is 0.478 e. The third-order valence-electron chi connectivity index (χ3n) is 3.01. The van der Waals surface area contributed by atoms with Crippen molar-refractivity contribution in [2.45, 2.75) is 46.1 Å². The quantitative estimate of drug-likeness (QED) is 0.584. The number of nitro groups is 1. The van der Waals surface area contributed by atoms with Crippen molar-refractivity contribution in [2.75, 3.05) is 5.32 Å². The van der Waals surface area contributed by atoms with Gasteiger partial charge in [0.05, 0.1) is 22.3 Å². The van der Waals surface area contributed by atoms with Crippen LogP contribution in [-0.4, -0.2) is 28.2 Å². The van der Waals surface area contributed by atoms with E-state index < -0.39 is 23.1 Å². The molecule has 0 heterocycles. The van der Waals surface area contributed by atoms with Gasteiger partial charge >= 0.3 is 12.1 Å². The van der Waals surface area contributed by atoms with E-state index in [9.17, 15) is 24.8 Å². The van der Waals surface area contributed by atoms with Crippen molar-refractivity contribution in [3.63, 3.8) is 0 Å². The van der Waals surface area contributed by atoms with Crippen LogP contribution in [0, 0.1) is 10.1 Å². The lowest BCUT2D eigenvalue weighted by Gasteiger charge is -2.14. The van der Waals surface area contributed by atoms with Gasteiger partial charge in [-0.1, -0.05) is 13.3 Å². The number of aryl methyl sites for hydroxylation is 1. The first-order valence-electron chi connectivity index (χ1n) is 7.28. The summed E-state index contributed by atoms with van der Waals surface area (Å²) in [7, 11) is 0. The van der Waals surface area contributed by atoms with Crippen LogP contribution in [0.25, 0.3) is 0 Å². The topological polar surface area (TPSA) is 119 Å². The Kier molecular flexibility index (Phi) is 6.49. The molecule has 0 aromatic heterocycles. The second kappa shape index (κ2) is 8.11. The molecule has 0 unspecified atom stereocenters. The zero-order valence-electron chi connectivity index (χ0n) is 13.3. The molecule has 1 aromatic carbocycles. The summed E-state index contributed by atoms with van der Waals surface area (Å²) in [4.78, 5) is 33.6. The molecule has 0 aliphatic heterocycles. The van der Waals surface area contributed by atoms with Crippen molar-refractivity contribution in [2.24, 2.45) is 0 Å². The molecule has 126 valence electrons. The molecule has 0 saturated heterocycles. The SMILES string of the molecule is CCCCc1cc([N+](=O)[O-])cc(NC(=O)OC(C)C)c1C(=O)O. The Hall–Kier alpha value is -2.64. The number of anilines is 1. The molecule has 0 atom stereocenters. The van der Waals surface area contributed by atoms with Crippen molar-refractivity contribution in [1.82, 2.24) is 0 Å². The van der Waals surface area contributed by atoms with E-state index in [0.717, 1.165) is 12.5 Å². The van der Waals surface area contributed by atoms with Crippen LogP contribution in [0.2, 0.25) is 0 Å². The molecule has 1 rings (SSSR count). The Morgan fingerprint density at radius 2 is 2.04 bits per heavy atom. The molecule has 1 aromatic rings. The van der Waals surface area contributed by atoms with Crippen molar-refractivity contribution in [3.05, 3.63) is 33.4 Å². The Bertz CT molecular complexity index is 612. The number of nitrogens with one attached hydrogen (secondary N) is 1. The summed E-state index contributed by atoms with van der Waals surface area (Å²) in [6.07, 6.45) is 0.594. The van der Waals surface area contributed by atoms with Gasteiger partial charge in [-0.15, -0.1) is 0 Å². The summed E-state index contributed by atoms with van der Waals surface area (Å²) < 4.78 is 4.90. The van der Waals surface area contributed by atoms with Gasteiger partial charge in [-0.05, 0) is 32.3 Å². The highest BCUT2D eigenvalue weighted by atomic mass is 16.6. The Balaban J connectivity index is 3.32. The number of nitro benzene ring substituents is 1. The number of carbonyl (C=O) groups is 2. The number of carboxylic acids is 1. The summed E-state index contributed by atoms with van der Waals surface area (Å²) in [5.74, 6) is -1.26. The zero-order chi connectivity index (χ0) is 17.6. The fourth-order valence-electron chi connectivity index (χ4n) is 2.06. The minimum Gasteiger partial charge on any atom is -0.478 e. The van der Waals surface area contributed by atoms with E-state index in [1.807, 2.05) is 6.92 Å². The van der Waals surface area contributed by atoms with Gasteiger partial charge in [0.1, 0.15) is 0 Å². The van der Waals surface area contributed by atoms with Crippen LogP contribution in [0.5, 0.6) is 0 Å². The molecule has 0 bridgehead atoms. The fourth-order valence-corrected chi connectivity index (χ4v) is 2.06. The average Bonchev–Trinajstić information content (AvgIpc) is 2.42. The van der Waals surface area contributed by atoms with Crippen molar-refractivity contribution >= 4 is 23.4 Å². The molecule has 0 saturated carbocycles. The molecule has 0 fully saturated rings. The number of non-ortho nitro benzene ring substituents is 1. The third-order valence-corrected chi connectivity index (χ3v) is 3.01. The lowest BCUT2D eigenvalue weighted by molar-refractivity contribution is -0.384. The minimum absolute atomic E-state index is 0.136. The maximum Gasteiger partial charge on any atom is 0.411 e. The number of rotatable bonds is 7. The van der Waals surface area contributed by atoms with E-state index in [1.54, 1.807) is 13.8 Å². The highest BCUT2D eigenvalue weighted by Crippen LogP contribution is 2.28. The summed E-state index contributed by atoms with van der Waals surface area (Å²) in [6.45, 7) is 5.20. The van der Waals surface area contributed by atoms with Crippen LogP contribution in [0.4, 0.5) is 16.2 Å². The predicted molar refractivity (Wildman–Crippen MR) is 83.9 cm³/mol. The van der Waals surface area contributed by atoms with Gasteiger partial charge in [0.25, 0.3) is 5.69 Å². The summed E-state index contributed by atoms with van der Waals surface area (Å²) >= 11 is 0. The lowest BCUT2D eigenvalue weighted by Crippen LogP contribution is -2.20. The van der Waals surface area contributed by atoms with Gasteiger partial charge in [0.15, 0.2) is 0 Å². The minimum atomic E-state index is -1.26. The molecule has 0 radical (unpaired) electrons. The molecular formula is C15H20N2O6. The number of aromatic carboxylic acids is 1. The first-order chi connectivity index (χ1) is 10.8. The van der Waals surface area contributed by atoms with Gasteiger partial charge in [-0.25, -0.2) is 9.59 Å². The normalized spacial score (nSPS) is 10.4. The standard InChI is InChI=1S/C15H20N2O6/c1-4-5-6-10-7-11(17(21)22)8-12(13(10)14(18)19)16-15(20)23-9(2)3/h7-9H,4-6H2,1-3H3,(H,16,20)(H,18,19). The summed E-state index contributed by atoms with van der Waals surface area (Å²) in [5.41, 5.74) is -0.248. The Morgan fingerprint density at radius 3 is 2.52 bits per heavy atom. The maximum atomic E-state index is 11.7. The van der Waals surface area contributed by atoms with Crippen LogP contribution in [0.3, 0.4) is 0 Å². The maximum absolute atomic E-state index is 11.7. The number of hydrogen-bond acceptors (Lipinski definition) is 5. The number of amides is 1. The van der Waals surface area contributed by atoms with Gasteiger partial charge < -0.3 is 9.84 Å². The van der Waals surface area contributed by atoms with E-state index in [4.69, 9.17) is 4.74 Å². The second-order valence-corrected chi connectivity index (χ2v) is 5.27. The molecular weight excluding hydrogens is 304 g/mol. The Morgan fingerprint density at radius 1 is 1.39 bits per heavy atom. The molecule has 23 heavy (non-hydrogen) atoms. The monoisotopic (exact) mass is 324 g/mol. The molecule has 2 N–H and O–H groups in total. The van der Waals surface area contributed by atoms with Crippen LogP contribution < -0.4 is 5.32 Å². The number of ether oxygens (including phenoxy) is 1. The molecule has 8 nitrogen and oxygen atoms in total. The number of benzene rings is 1. The molecule has 0 spiro atoms. The third kappa shape index (κ3) is 5.24. The first-order valence-corrected chi connectivity index (χ1v) is 7.28. The highest BCUT2D eigenvalue weighted by Gasteiger charge is 2.22. The zero-order valence-corrected chi connectivity index (χ0v) is 13.3. The van der Waals surface area contributed by atoms with Crippen molar-refractivity contribution in [1.29, 1.82) is 0 Å². The van der Waals surface area contributed by atoms with Crippen molar-refractivity contribution in [3.8, 4) is 0 Å². The van der Waals surface area contributed by atoms with Crippen LogP contribution in [0.15, 0.2) is 12.1 Å². The summed E-state index contributed by atoms with van der Waals surface area (Å²) in [6, 6.07) is 2.26. The van der Waals surface area contributed by atoms with E-state index in [1.165, 1.54) is 6.07 Å². The second-order valence-electron chi connectivity index (χ2n) is 5.27. The van der Waals surface area contributed by atoms with Crippen LogP contribution >= 0.6 is 0 Å². The summed E-state index contributed by atoms with van der Waals surface area (Å²) in [5, 5.41) is 22.7. The van der Waals surface area contributed by atoms with Gasteiger partial charge in [0.2, 0.25) is 0 Å². The highest BCUT2D eigenvalue weighted by molar-refractivity contribution is 6.00.